The van der Waals surface area contributed by atoms with Crippen LogP contribution in [0.1, 0.15) is 32.4 Å². The Morgan fingerprint density at radius 2 is 1.80 bits per heavy atom. The van der Waals surface area contributed by atoms with Crippen LogP contribution in [0.15, 0.2) is 12.1 Å². The van der Waals surface area contributed by atoms with Crippen molar-refractivity contribution in [2.45, 2.75) is 32.4 Å². The zero-order valence-electron chi connectivity index (χ0n) is 12.4. The minimum absolute atomic E-state index is 0.298. The van der Waals surface area contributed by atoms with Crippen LogP contribution in [0.4, 0.5) is 4.39 Å². The number of amides is 1. The van der Waals surface area contributed by atoms with E-state index in [9.17, 15) is 9.18 Å². The smallest absolute Gasteiger partial charge is 0.239 e. The van der Waals surface area contributed by atoms with Gasteiger partial charge in [-0.3, -0.25) is 4.79 Å². The predicted molar refractivity (Wildman–Crippen MR) is 74.3 cm³/mol. The molecule has 1 unspecified atom stereocenters. The molecule has 0 bridgehead atoms. The number of methoxy groups -OCH3 is 2. The standard InChI is InChI=1S/C14H21FN2O3/c1-8(17-13(18)14(2,3)16)9-6-11(19-4)12(20-5)7-10(9)15/h6-8H,16H2,1-5H3,(H,17,18). The van der Waals surface area contributed by atoms with Gasteiger partial charge in [-0.1, -0.05) is 0 Å². The van der Waals surface area contributed by atoms with E-state index in [-0.39, 0.29) is 5.91 Å². The highest BCUT2D eigenvalue weighted by atomic mass is 19.1. The molecule has 0 heterocycles. The lowest BCUT2D eigenvalue weighted by molar-refractivity contribution is -0.125. The Balaban J connectivity index is 3.04. The Morgan fingerprint density at radius 1 is 1.30 bits per heavy atom. The Hall–Kier alpha value is -1.82. The molecule has 5 nitrogen and oxygen atoms in total. The van der Waals surface area contributed by atoms with E-state index in [2.05, 4.69) is 5.32 Å². The number of nitrogens with two attached hydrogens (primary N) is 1. The summed E-state index contributed by atoms with van der Waals surface area (Å²) in [5.41, 5.74) is 4.97. The van der Waals surface area contributed by atoms with Gasteiger partial charge in [0.1, 0.15) is 5.82 Å². The maximum absolute atomic E-state index is 14.0. The van der Waals surface area contributed by atoms with Crippen LogP contribution >= 0.6 is 0 Å². The lowest BCUT2D eigenvalue weighted by atomic mass is 10.0. The van der Waals surface area contributed by atoms with Gasteiger partial charge in [0, 0.05) is 11.6 Å². The molecule has 0 saturated carbocycles. The Kier molecular flexibility index (Phi) is 4.94. The van der Waals surface area contributed by atoms with E-state index in [1.807, 2.05) is 0 Å². The second-order valence-corrected chi connectivity index (χ2v) is 5.15. The summed E-state index contributed by atoms with van der Waals surface area (Å²) in [6.07, 6.45) is 0. The lowest BCUT2D eigenvalue weighted by Crippen LogP contribution is -2.49. The van der Waals surface area contributed by atoms with Gasteiger partial charge in [0.05, 0.1) is 25.8 Å². The molecular formula is C14H21FN2O3. The molecule has 0 aliphatic rings. The van der Waals surface area contributed by atoms with Gasteiger partial charge < -0.3 is 20.5 Å². The first-order chi connectivity index (χ1) is 9.20. The predicted octanol–water partition coefficient (Wildman–Crippen LogP) is 1.76. The normalized spacial score (nSPS) is 12.8. The van der Waals surface area contributed by atoms with Crippen molar-refractivity contribution in [3.63, 3.8) is 0 Å². The molecule has 112 valence electrons. The van der Waals surface area contributed by atoms with Gasteiger partial charge in [0.15, 0.2) is 11.5 Å². The fourth-order valence-corrected chi connectivity index (χ4v) is 1.66. The molecule has 6 heteroatoms. The number of rotatable bonds is 5. The third kappa shape index (κ3) is 3.60. The zero-order valence-corrected chi connectivity index (χ0v) is 12.4. The summed E-state index contributed by atoms with van der Waals surface area (Å²) in [5, 5.41) is 2.67. The maximum Gasteiger partial charge on any atom is 0.239 e. The molecular weight excluding hydrogens is 263 g/mol. The van der Waals surface area contributed by atoms with Gasteiger partial charge in [-0.25, -0.2) is 4.39 Å². The van der Waals surface area contributed by atoms with Crippen LogP contribution in [-0.4, -0.2) is 25.7 Å². The van der Waals surface area contributed by atoms with Gasteiger partial charge in [-0.15, -0.1) is 0 Å². The summed E-state index contributed by atoms with van der Waals surface area (Å²) in [4.78, 5) is 11.8. The number of benzene rings is 1. The highest BCUT2D eigenvalue weighted by Gasteiger charge is 2.25. The van der Waals surface area contributed by atoms with Gasteiger partial charge in [0.25, 0.3) is 0 Å². The second kappa shape index (κ2) is 6.09. The van der Waals surface area contributed by atoms with Crippen molar-refractivity contribution in [1.29, 1.82) is 0 Å². The molecule has 0 fully saturated rings. The van der Waals surface area contributed by atoms with E-state index < -0.39 is 17.4 Å². The quantitative estimate of drug-likeness (QED) is 0.864. The molecule has 0 spiro atoms. The zero-order chi connectivity index (χ0) is 15.5. The van der Waals surface area contributed by atoms with Crippen LogP contribution in [0.3, 0.4) is 0 Å². The first-order valence-corrected chi connectivity index (χ1v) is 6.22. The van der Waals surface area contributed by atoms with Gasteiger partial charge in [0.2, 0.25) is 5.91 Å². The van der Waals surface area contributed by atoms with Crippen molar-refractivity contribution in [3.05, 3.63) is 23.5 Å². The summed E-state index contributed by atoms with van der Waals surface area (Å²) in [6.45, 7) is 4.84. The van der Waals surface area contributed by atoms with Crippen LogP contribution in [0.5, 0.6) is 11.5 Å². The molecule has 20 heavy (non-hydrogen) atoms. The second-order valence-electron chi connectivity index (χ2n) is 5.15. The Labute approximate surface area is 118 Å². The number of ether oxygens (including phenoxy) is 2. The lowest BCUT2D eigenvalue weighted by Gasteiger charge is -2.23. The van der Waals surface area contributed by atoms with Crippen LogP contribution in [0.25, 0.3) is 0 Å². The molecule has 0 radical (unpaired) electrons. The highest BCUT2D eigenvalue weighted by molar-refractivity contribution is 5.85. The molecule has 0 saturated heterocycles. The van der Waals surface area contributed by atoms with Crippen LogP contribution in [0.2, 0.25) is 0 Å². The van der Waals surface area contributed by atoms with E-state index in [1.54, 1.807) is 20.8 Å². The molecule has 1 rings (SSSR count). The number of hydrogen-bond acceptors (Lipinski definition) is 4. The fourth-order valence-electron chi connectivity index (χ4n) is 1.66. The van der Waals surface area contributed by atoms with Crippen molar-refractivity contribution < 1.29 is 18.7 Å². The summed E-state index contributed by atoms with van der Waals surface area (Å²) in [5.74, 6) is -0.145. The fraction of sp³-hybridized carbons (Fsp3) is 0.500. The first-order valence-electron chi connectivity index (χ1n) is 6.22. The third-order valence-electron chi connectivity index (χ3n) is 2.90. The monoisotopic (exact) mass is 284 g/mol. The molecule has 1 aromatic rings. The van der Waals surface area contributed by atoms with Crippen molar-refractivity contribution in [3.8, 4) is 11.5 Å². The minimum Gasteiger partial charge on any atom is -0.493 e. The topological polar surface area (TPSA) is 73.6 Å². The number of carbonyl (C=O) groups excluding carboxylic acids is 1. The molecule has 0 aromatic heterocycles. The van der Waals surface area contributed by atoms with Crippen LogP contribution < -0.4 is 20.5 Å². The number of nitrogens with one attached hydrogen (secondary N) is 1. The molecule has 0 aliphatic carbocycles. The summed E-state index contributed by atoms with van der Waals surface area (Å²) >= 11 is 0. The largest absolute Gasteiger partial charge is 0.493 e. The van der Waals surface area contributed by atoms with Crippen molar-refractivity contribution >= 4 is 5.91 Å². The van der Waals surface area contributed by atoms with E-state index in [0.29, 0.717) is 17.1 Å². The Morgan fingerprint density at radius 3 is 2.25 bits per heavy atom. The van der Waals surface area contributed by atoms with E-state index in [0.717, 1.165) is 0 Å². The van der Waals surface area contributed by atoms with Gasteiger partial charge in [-0.05, 0) is 26.8 Å². The molecule has 3 N–H and O–H groups in total. The number of halogens is 1. The Bertz CT molecular complexity index is 498. The van der Waals surface area contributed by atoms with Crippen LogP contribution in [0, 0.1) is 5.82 Å². The summed E-state index contributed by atoms with van der Waals surface area (Å²) in [6, 6.07) is 2.19. The van der Waals surface area contributed by atoms with Gasteiger partial charge >= 0.3 is 0 Å². The van der Waals surface area contributed by atoms with E-state index >= 15 is 0 Å². The van der Waals surface area contributed by atoms with Crippen molar-refractivity contribution in [2.24, 2.45) is 5.73 Å². The average Bonchev–Trinajstić information content (AvgIpc) is 2.36. The van der Waals surface area contributed by atoms with Crippen LogP contribution in [-0.2, 0) is 4.79 Å². The summed E-state index contributed by atoms with van der Waals surface area (Å²) in [7, 11) is 2.89. The number of carbonyl (C=O) groups is 1. The molecule has 1 amide bonds. The molecule has 1 atom stereocenters. The highest BCUT2D eigenvalue weighted by Crippen LogP contribution is 2.32. The summed E-state index contributed by atoms with van der Waals surface area (Å²) < 4.78 is 24.2. The SMILES string of the molecule is COc1cc(F)c(C(C)NC(=O)C(C)(C)N)cc1OC. The third-order valence-corrected chi connectivity index (χ3v) is 2.90. The van der Waals surface area contributed by atoms with Gasteiger partial charge in [-0.2, -0.15) is 0 Å². The minimum atomic E-state index is -1.03. The molecule has 0 aliphatic heterocycles. The first kappa shape index (κ1) is 16.2. The van der Waals surface area contributed by atoms with E-state index in [1.165, 1.54) is 26.4 Å². The molecule has 1 aromatic carbocycles. The maximum atomic E-state index is 14.0. The number of hydrogen-bond donors (Lipinski definition) is 2. The average molecular weight is 284 g/mol. The van der Waals surface area contributed by atoms with E-state index in [4.69, 9.17) is 15.2 Å². The van der Waals surface area contributed by atoms with Crippen molar-refractivity contribution in [2.75, 3.05) is 14.2 Å². The van der Waals surface area contributed by atoms with Crippen molar-refractivity contribution in [1.82, 2.24) is 5.32 Å².